The SMILES string of the molecule is CCC(CC)NC(=O)N1CCCN(S(=O)(=O)c2ccc(F)cc2)CC1. The lowest BCUT2D eigenvalue weighted by Crippen LogP contribution is -2.46. The second-order valence-corrected chi connectivity index (χ2v) is 8.10. The highest BCUT2D eigenvalue weighted by Crippen LogP contribution is 2.18. The van der Waals surface area contributed by atoms with Crippen LogP contribution in [0, 0.1) is 5.82 Å². The fourth-order valence-electron chi connectivity index (χ4n) is 2.85. The lowest BCUT2D eigenvalue weighted by Gasteiger charge is -2.24. The molecule has 2 rings (SSSR count). The van der Waals surface area contributed by atoms with Gasteiger partial charge in [0.15, 0.2) is 0 Å². The van der Waals surface area contributed by atoms with Crippen LogP contribution in [0.4, 0.5) is 9.18 Å². The zero-order valence-electron chi connectivity index (χ0n) is 14.7. The van der Waals surface area contributed by atoms with Gasteiger partial charge in [0.05, 0.1) is 4.90 Å². The number of benzene rings is 1. The molecule has 1 N–H and O–H groups in total. The van der Waals surface area contributed by atoms with Crippen molar-refractivity contribution >= 4 is 16.1 Å². The summed E-state index contributed by atoms with van der Waals surface area (Å²) < 4.78 is 39.8. The van der Waals surface area contributed by atoms with E-state index in [4.69, 9.17) is 0 Å². The molecule has 0 atom stereocenters. The molecule has 1 aromatic carbocycles. The van der Waals surface area contributed by atoms with Crippen molar-refractivity contribution in [3.8, 4) is 0 Å². The fraction of sp³-hybridized carbons (Fsp3) is 0.588. The maximum Gasteiger partial charge on any atom is 0.317 e. The molecule has 2 amide bonds. The molecule has 1 saturated heterocycles. The van der Waals surface area contributed by atoms with Gasteiger partial charge in [0.25, 0.3) is 0 Å². The first-order valence-electron chi connectivity index (χ1n) is 8.69. The maximum atomic E-state index is 13.0. The van der Waals surface area contributed by atoms with Crippen LogP contribution in [0.2, 0.25) is 0 Å². The molecule has 8 heteroatoms. The summed E-state index contributed by atoms with van der Waals surface area (Å²) in [6, 6.07) is 4.81. The highest BCUT2D eigenvalue weighted by molar-refractivity contribution is 7.89. The number of nitrogens with one attached hydrogen (secondary N) is 1. The fourth-order valence-corrected chi connectivity index (χ4v) is 4.32. The Morgan fingerprint density at radius 2 is 1.76 bits per heavy atom. The number of halogens is 1. The van der Waals surface area contributed by atoms with E-state index < -0.39 is 15.8 Å². The molecule has 0 radical (unpaired) electrons. The van der Waals surface area contributed by atoms with E-state index in [1.54, 1.807) is 4.90 Å². The van der Waals surface area contributed by atoms with E-state index >= 15 is 0 Å². The minimum Gasteiger partial charge on any atom is -0.335 e. The third-order valence-electron chi connectivity index (χ3n) is 4.51. The molecule has 25 heavy (non-hydrogen) atoms. The van der Waals surface area contributed by atoms with E-state index in [0.717, 1.165) is 25.0 Å². The second kappa shape index (κ2) is 8.62. The summed E-state index contributed by atoms with van der Waals surface area (Å²) in [4.78, 5) is 14.1. The van der Waals surface area contributed by atoms with Crippen LogP contribution >= 0.6 is 0 Å². The van der Waals surface area contributed by atoms with E-state index in [2.05, 4.69) is 5.32 Å². The van der Waals surface area contributed by atoms with Crippen LogP contribution in [0.3, 0.4) is 0 Å². The van der Waals surface area contributed by atoms with Crippen molar-refractivity contribution in [2.75, 3.05) is 26.2 Å². The molecule has 0 aromatic heterocycles. The first-order valence-corrected chi connectivity index (χ1v) is 10.1. The van der Waals surface area contributed by atoms with Crippen LogP contribution in [0.25, 0.3) is 0 Å². The summed E-state index contributed by atoms with van der Waals surface area (Å²) in [6.45, 7) is 5.47. The largest absolute Gasteiger partial charge is 0.335 e. The summed E-state index contributed by atoms with van der Waals surface area (Å²) in [7, 11) is -3.68. The minimum atomic E-state index is -3.68. The first kappa shape index (κ1) is 19.7. The van der Waals surface area contributed by atoms with E-state index in [9.17, 15) is 17.6 Å². The number of nitrogens with zero attached hydrogens (tertiary/aromatic N) is 2. The third kappa shape index (κ3) is 4.92. The van der Waals surface area contributed by atoms with Gasteiger partial charge in [0, 0.05) is 32.2 Å². The Kier molecular flexibility index (Phi) is 6.78. The average Bonchev–Trinajstić information content (AvgIpc) is 2.86. The minimum absolute atomic E-state index is 0.0730. The zero-order chi connectivity index (χ0) is 18.4. The number of hydrogen-bond acceptors (Lipinski definition) is 3. The second-order valence-electron chi connectivity index (χ2n) is 6.16. The first-order chi connectivity index (χ1) is 11.9. The standard InChI is InChI=1S/C17H26FN3O3S/c1-3-15(4-2)19-17(22)20-10-5-11-21(13-12-20)25(23,24)16-8-6-14(18)7-9-16/h6-9,15H,3-5,10-13H2,1-2H3,(H,19,22). The Balaban J connectivity index is 2.03. The van der Waals surface area contributed by atoms with Crippen molar-refractivity contribution in [3.05, 3.63) is 30.1 Å². The van der Waals surface area contributed by atoms with Crippen molar-refractivity contribution in [2.24, 2.45) is 0 Å². The topological polar surface area (TPSA) is 69.7 Å². The van der Waals surface area contributed by atoms with Crippen molar-refractivity contribution in [1.29, 1.82) is 0 Å². The lowest BCUT2D eigenvalue weighted by molar-refractivity contribution is 0.195. The van der Waals surface area contributed by atoms with Gasteiger partial charge < -0.3 is 10.2 Å². The molecule has 1 fully saturated rings. The van der Waals surface area contributed by atoms with Crippen molar-refractivity contribution < 1.29 is 17.6 Å². The Labute approximate surface area is 149 Å². The molecule has 140 valence electrons. The summed E-state index contributed by atoms with van der Waals surface area (Å²) in [5.41, 5.74) is 0. The molecular weight excluding hydrogens is 345 g/mol. The molecule has 6 nitrogen and oxygen atoms in total. The van der Waals surface area contributed by atoms with Gasteiger partial charge in [0.2, 0.25) is 10.0 Å². The molecule has 0 aliphatic carbocycles. The molecule has 1 aromatic rings. The van der Waals surface area contributed by atoms with Crippen LogP contribution in [0.15, 0.2) is 29.2 Å². The molecule has 0 saturated carbocycles. The molecular formula is C17H26FN3O3S. The normalized spacial score (nSPS) is 16.7. The monoisotopic (exact) mass is 371 g/mol. The number of amides is 2. The number of rotatable bonds is 5. The van der Waals surface area contributed by atoms with E-state index in [1.165, 1.54) is 16.4 Å². The van der Waals surface area contributed by atoms with E-state index in [1.807, 2.05) is 13.8 Å². The molecule has 1 aliphatic rings. The molecule has 1 aliphatic heterocycles. The Morgan fingerprint density at radius 1 is 1.12 bits per heavy atom. The maximum absolute atomic E-state index is 13.0. The zero-order valence-corrected chi connectivity index (χ0v) is 15.6. The average molecular weight is 371 g/mol. The van der Waals surface area contributed by atoms with Crippen molar-refractivity contribution in [3.63, 3.8) is 0 Å². The number of sulfonamides is 1. The summed E-state index contributed by atoms with van der Waals surface area (Å²) in [5.74, 6) is -0.473. The molecule has 0 bridgehead atoms. The van der Waals surface area contributed by atoms with Gasteiger partial charge in [-0.3, -0.25) is 0 Å². The molecule has 0 spiro atoms. The summed E-state index contributed by atoms with van der Waals surface area (Å²) >= 11 is 0. The predicted molar refractivity (Wildman–Crippen MR) is 94.3 cm³/mol. The van der Waals surface area contributed by atoms with Crippen LogP contribution in [0.5, 0.6) is 0 Å². The number of urea groups is 1. The highest BCUT2D eigenvalue weighted by atomic mass is 32.2. The van der Waals surface area contributed by atoms with Crippen molar-refractivity contribution in [2.45, 2.75) is 44.0 Å². The smallest absolute Gasteiger partial charge is 0.317 e. The van der Waals surface area contributed by atoms with Crippen LogP contribution in [-0.2, 0) is 10.0 Å². The number of hydrogen-bond donors (Lipinski definition) is 1. The van der Waals surface area contributed by atoms with Gasteiger partial charge in [-0.05, 0) is 43.5 Å². The summed E-state index contributed by atoms with van der Waals surface area (Å²) in [5, 5.41) is 2.98. The summed E-state index contributed by atoms with van der Waals surface area (Å²) in [6.07, 6.45) is 2.29. The lowest BCUT2D eigenvalue weighted by atomic mass is 10.2. The number of carbonyl (C=O) groups excluding carboxylic acids is 1. The van der Waals surface area contributed by atoms with Crippen molar-refractivity contribution in [1.82, 2.24) is 14.5 Å². The highest BCUT2D eigenvalue weighted by Gasteiger charge is 2.28. The van der Waals surface area contributed by atoms with Gasteiger partial charge in [-0.25, -0.2) is 17.6 Å². The van der Waals surface area contributed by atoms with Gasteiger partial charge >= 0.3 is 6.03 Å². The van der Waals surface area contributed by atoms with Crippen LogP contribution in [0.1, 0.15) is 33.1 Å². The van der Waals surface area contributed by atoms with Gasteiger partial charge in [-0.2, -0.15) is 4.31 Å². The van der Waals surface area contributed by atoms with Gasteiger partial charge in [-0.15, -0.1) is 0 Å². The Morgan fingerprint density at radius 3 is 2.36 bits per heavy atom. The van der Waals surface area contributed by atoms with Crippen LogP contribution < -0.4 is 5.32 Å². The number of carbonyl (C=O) groups is 1. The predicted octanol–water partition coefficient (Wildman–Crippen LogP) is 2.42. The quantitative estimate of drug-likeness (QED) is 0.864. The van der Waals surface area contributed by atoms with E-state index in [-0.39, 0.29) is 23.5 Å². The van der Waals surface area contributed by atoms with E-state index in [0.29, 0.717) is 26.1 Å². The third-order valence-corrected chi connectivity index (χ3v) is 6.42. The Bertz CT molecular complexity index is 675. The van der Waals surface area contributed by atoms with Gasteiger partial charge in [0.1, 0.15) is 5.82 Å². The molecule has 0 unspecified atom stereocenters. The molecule has 1 heterocycles. The van der Waals surface area contributed by atoms with Crippen LogP contribution in [-0.4, -0.2) is 55.9 Å². The van der Waals surface area contributed by atoms with Gasteiger partial charge in [-0.1, -0.05) is 13.8 Å². The Hall–Kier alpha value is -1.67.